The van der Waals surface area contributed by atoms with Gasteiger partial charge in [0.05, 0.1) is 18.4 Å². The van der Waals surface area contributed by atoms with Gasteiger partial charge in [-0.1, -0.05) is 0 Å². The highest BCUT2D eigenvalue weighted by Crippen LogP contribution is 2.12. The lowest BCUT2D eigenvalue weighted by Gasteiger charge is -2.22. The molecule has 1 saturated heterocycles. The number of rotatable bonds is 5. The number of aryl methyl sites for hydroxylation is 1. The summed E-state index contributed by atoms with van der Waals surface area (Å²) in [6, 6.07) is 3.67. The lowest BCUT2D eigenvalue weighted by Crippen LogP contribution is -2.26. The van der Waals surface area contributed by atoms with Gasteiger partial charge < -0.3 is 14.0 Å². The summed E-state index contributed by atoms with van der Waals surface area (Å²) in [7, 11) is 1.86. The number of ketones is 1. The van der Waals surface area contributed by atoms with Gasteiger partial charge in [0.15, 0.2) is 0 Å². The van der Waals surface area contributed by atoms with E-state index in [0.717, 1.165) is 19.4 Å². The second-order valence-corrected chi connectivity index (χ2v) is 4.43. The van der Waals surface area contributed by atoms with Crippen LogP contribution in [0.25, 0.3) is 0 Å². The summed E-state index contributed by atoms with van der Waals surface area (Å²) < 4.78 is 12.8. The number of hydrogen-bond donors (Lipinski definition) is 0. The van der Waals surface area contributed by atoms with Crippen LogP contribution in [0.15, 0.2) is 18.3 Å². The maximum atomic E-state index is 11.8. The van der Waals surface area contributed by atoms with Crippen LogP contribution >= 0.6 is 0 Å². The fourth-order valence-electron chi connectivity index (χ4n) is 2.05. The zero-order valence-corrected chi connectivity index (χ0v) is 10.2. The first-order valence-electron chi connectivity index (χ1n) is 6.11. The highest BCUT2D eigenvalue weighted by molar-refractivity contribution is 5.95. The molecule has 0 spiro atoms. The van der Waals surface area contributed by atoms with Crippen molar-refractivity contribution < 1.29 is 14.3 Å². The lowest BCUT2D eigenvalue weighted by molar-refractivity contribution is -0.0371. The lowest BCUT2D eigenvalue weighted by atomic mass is 10.1. The molecule has 1 aromatic rings. The molecule has 0 N–H and O–H groups in total. The minimum Gasteiger partial charge on any atom is -0.376 e. The van der Waals surface area contributed by atoms with Crippen molar-refractivity contribution in [3.05, 3.63) is 24.0 Å². The number of carbonyl (C=O) groups is 1. The average molecular weight is 237 g/mol. The minimum absolute atomic E-state index is 0.0216. The van der Waals surface area contributed by atoms with E-state index < -0.39 is 0 Å². The molecule has 0 aromatic carbocycles. The Balaban J connectivity index is 1.71. The monoisotopic (exact) mass is 237 g/mol. The van der Waals surface area contributed by atoms with E-state index in [0.29, 0.717) is 12.3 Å². The van der Waals surface area contributed by atoms with Crippen molar-refractivity contribution in [2.45, 2.75) is 25.4 Å². The van der Waals surface area contributed by atoms with E-state index in [1.165, 1.54) is 6.42 Å². The Hall–Kier alpha value is -1.13. The third-order valence-electron chi connectivity index (χ3n) is 3.04. The molecule has 1 fully saturated rings. The van der Waals surface area contributed by atoms with Crippen LogP contribution in [0.3, 0.4) is 0 Å². The van der Waals surface area contributed by atoms with Crippen LogP contribution in [0, 0.1) is 0 Å². The summed E-state index contributed by atoms with van der Waals surface area (Å²) in [5.41, 5.74) is 0.689. The normalized spacial score (nSPS) is 20.4. The number of Topliss-reactive ketones (excluding diaryl/α,β-unsaturated/α-hetero) is 1. The van der Waals surface area contributed by atoms with Gasteiger partial charge in [0.1, 0.15) is 6.61 Å². The van der Waals surface area contributed by atoms with Gasteiger partial charge in [0.2, 0.25) is 5.78 Å². The Labute approximate surface area is 102 Å². The molecule has 1 atom stereocenters. The maximum absolute atomic E-state index is 11.8. The predicted octanol–water partition coefficient (Wildman–Crippen LogP) is 1.79. The van der Waals surface area contributed by atoms with Crippen LogP contribution in [-0.4, -0.2) is 36.3 Å². The molecule has 1 aromatic heterocycles. The highest BCUT2D eigenvalue weighted by atomic mass is 16.5. The van der Waals surface area contributed by atoms with Crippen molar-refractivity contribution in [3.8, 4) is 0 Å². The number of carbonyl (C=O) groups excluding carboxylic acids is 1. The van der Waals surface area contributed by atoms with Crippen LogP contribution in [-0.2, 0) is 16.5 Å². The molecule has 2 rings (SSSR count). The average Bonchev–Trinajstić information content (AvgIpc) is 2.77. The van der Waals surface area contributed by atoms with Crippen molar-refractivity contribution in [1.82, 2.24) is 4.57 Å². The van der Waals surface area contributed by atoms with Crippen LogP contribution in [0.4, 0.5) is 0 Å². The van der Waals surface area contributed by atoms with Gasteiger partial charge in [-0.25, -0.2) is 0 Å². The second-order valence-electron chi connectivity index (χ2n) is 4.43. The molecule has 0 aliphatic carbocycles. The van der Waals surface area contributed by atoms with Gasteiger partial charge in [-0.05, 0) is 31.4 Å². The molecule has 1 aliphatic rings. The molecule has 94 valence electrons. The van der Waals surface area contributed by atoms with Crippen molar-refractivity contribution in [2.24, 2.45) is 7.05 Å². The third-order valence-corrected chi connectivity index (χ3v) is 3.04. The Bertz CT molecular complexity index is 366. The molecule has 0 radical (unpaired) electrons. The summed E-state index contributed by atoms with van der Waals surface area (Å²) in [5.74, 6) is 0.0216. The topological polar surface area (TPSA) is 40.5 Å². The van der Waals surface area contributed by atoms with Gasteiger partial charge in [0, 0.05) is 19.9 Å². The SMILES string of the molecule is Cn1cccc1C(=O)COCC1CCCCO1. The number of hydrogen-bond acceptors (Lipinski definition) is 3. The minimum atomic E-state index is 0.0216. The van der Waals surface area contributed by atoms with E-state index in [4.69, 9.17) is 9.47 Å². The van der Waals surface area contributed by atoms with Gasteiger partial charge in [-0.3, -0.25) is 4.79 Å². The largest absolute Gasteiger partial charge is 0.376 e. The van der Waals surface area contributed by atoms with E-state index >= 15 is 0 Å². The molecule has 17 heavy (non-hydrogen) atoms. The van der Waals surface area contributed by atoms with Gasteiger partial charge >= 0.3 is 0 Å². The van der Waals surface area contributed by atoms with Crippen molar-refractivity contribution in [2.75, 3.05) is 19.8 Å². The molecule has 0 bridgehead atoms. The van der Waals surface area contributed by atoms with E-state index in [-0.39, 0.29) is 18.5 Å². The van der Waals surface area contributed by atoms with Crippen molar-refractivity contribution in [1.29, 1.82) is 0 Å². The summed E-state index contributed by atoms with van der Waals surface area (Å²) >= 11 is 0. The molecule has 4 heteroatoms. The number of aromatic nitrogens is 1. The molecule has 2 heterocycles. The zero-order chi connectivity index (χ0) is 12.1. The summed E-state index contributed by atoms with van der Waals surface area (Å²) in [6.07, 6.45) is 5.40. The third kappa shape index (κ3) is 3.41. The Morgan fingerprint density at radius 2 is 2.47 bits per heavy atom. The first-order valence-corrected chi connectivity index (χ1v) is 6.11. The first-order chi connectivity index (χ1) is 8.27. The Morgan fingerprint density at radius 3 is 3.12 bits per heavy atom. The standard InChI is InChI=1S/C13H19NO3/c1-14-7-4-6-12(14)13(15)10-16-9-11-5-2-3-8-17-11/h4,6-7,11H,2-3,5,8-10H2,1H3. The first kappa shape index (κ1) is 12.3. The molecular formula is C13H19NO3. The quantitative estimate of drug-likeness (QED) is 0.733. The zero-order valence-electron chi connectivity index (χ0n) is 10.2. The molecular weight excluding hydrogens is 218 g/mol. The second kappa shape index (κ2) is 5.98. The highest BCUT2D eigenvalue weighted by Gasteiger charge is 2.15. The Morgan fingerprint density at radius 1 is 1.59 bits per heavy atom. The number of ether oxygens (including phenoxy) is 2. The number of nitrogens with zero attached hydrogens (tertiary/aromatic N) is 1. The molecule has 1 aliphatic heterocycles. The van der Waals surface area contributed by atoms with Crippen LogP contribution in [0.2, 0.25) is 0 Å². The van der Waals surface area contributed by atoms with E-state index in [9.17, 15) is 4.79 Å². The molecule has 4 nitrogen and oxygen atoms in total. The maximum Gasteiger partial charge on any atom is 0.204 e. The predicted molar refractivity (Wildman–Crippen MR) is 64.2 cm³/mol. The van der Waals surface area contributed by atoms with Crippen molar-refractivity contribution >= 4 is 5.78 Å². The molecule has 1 unspecified atom stereocenters. The molecule has 0 amide bonds. The Kier molecular flexibility index (Phi) is 4.34. The van der Waals surface area contributed by atoms with Gasteiger partial charge in [-0.15, -0.1) is 0 Å². The van der Waals surface area contributed by atoms with Gasteiger partial charge in [0.25, 0.3) is 0 Å². The summed E-state index contributed by atoms with van der Waals surface area (Å²) in [5, 5.41) is 0. The van der Waals surface area contributed by atoms with E-state index in [1.54, 1.807) is 0 Å². The van der Waals surface area contributed by atoms with E-state index in [2.05, 4.69) is 0 Å². The van der Waals surface area contributed by atoms with Crippen LogP contribution < -0.4 is 0 Å². The fourth-order valence-corrected chi connectivity index (χ4v) is 2.05. The van der Waals surface area contributed by atoms with Crippen molar-refractivity contribution in [3.63, 3.8) is 0 Å². The van der Waals surface area contributed by atoms with Crippen LogP contribution in [0.1, 0.15) is 29.8 Å². The summed E-state index contributed by atoms with van der Waals surface area (Å²) in [4.78, 5) is 11.8. The van der Waals surface area contributed by atoms with Crippen LogP contribution in [0.5, 0.6) is 0 Å². The van der Waals surface area contributed by atoms with Gasteiger partial charge in [-0.2, -0.15) is 0 Å². The smallest absolute Gasteiger partial charge is 0.204 e. The van der Waals surface area contributed by atoms with E-state index in [1.807, 2.05) is 29.9 Å². The summed E-state index contributed by atoms with van der Waals surface area (Å²) in [6.45, 7) is 1.48. The molecule has 0 saturated carbocycles. The fraction of sp³-hybridized carbons (Fsp3) is 0.615.